The first-order chi connectivity index (χ1) is 18.8. The largest absolute Gasteiger partial charge is 0.486 e. The van der Waals surface area contributed by atoms with Crippen LogP contribution >= 0.6 is 66.8 Å². The zero-order chi connectivity index (χ0) is 27.5. The minimum atomic E-state index is -0.329. The lowest BCUT2D eigenvalue weighted by Crippen LogP contribution is -2.28. The van der Waals surface area contributed by atoms with Crippen molar-refractivity contribution < 1.29 is 13.9 Å². The fourth-order valence-electron chi connectivity index (χ4n) is 3.71. The van der Waals surface area contributed by atoms with E-state index in [1.54, 1.807) is 77.7 Å². The molecule has 4 nitrogen and oxygen atoms in total. The van der Waals surface area contributed by atoms with E-state index in [-0.39, 0.29) is 18.3 Å². The van der Waals surface area contributed by atoms with E-state index in [1.165, 1.54) is 17.8 Å². The lowest BCUT2D eigenvalue weighted by atomic mass is 10.2. The Bertz CT molecular complexity index is 1590. The third-order valence-electron chi connectivity index (χ3n) is 5.59. The molecule has 4 aromatic rings. The topological polar surface area (TPSA) is 41.9 Å². The predicted molar refractivity (Wildman–Crippen MR) is 166 cm³/mol. The molecule has 196 valence electrons. The van der Waals surface area contributed by atoms with Crippen molar-refractivity contribution in [1.82, 2.24) is 0 Å². The number of aliphatic imine (C=N–C) groups is 1. The molecule has 1 aliphatic heterocycles. The lowest BCUT2D eigenvalue weighted by molar-refractivity contribution is -0.113. The maximum atomic E-state index is 14.0. The molecule has 1 fully saturated rings. The first-order valence-corrected chi connectivity index (χ1v) is 14.6. The van der Waals surface area contributed by atoms with E-state index in [9.17, 15) is 9.18 Å². The van der Waals surface area contributed by atoms with Crippen LogP contribution in [0.5, 0.6) is 5.75 Å². The smallest absolute Gasteiger partial charge is 0.271 e. The molecule has 1 saturated heterocycles. The van der Waals surface area contributed by atoms with Gasteiger partial charge in [0, 0.05) is 15.6 Å². The molecule has 0 radical (unpaired) electrons. The highest BCUT2D eigenvalue weighted by Crippen LogP contribution is 2.40. The fourth-order valence-corrected chi connectivity index (χ4v) is 6.41. The van der Waals surface area contributed by atoms with Gasteiger partial charge in [0.2, 0.25) is 0 Å². The van der Waals surface area contributed by atoms with E-state index in [1.807, 2.05) is 12.1 Å². The number of nitrogens with zero attached hydrogens (tertiary/aromatic N) is 2. The van der Waals surface area contributed by atoms with Crippen molar-refractivity contribution in [3.05, 3.63) is 126 Å². The molecule has 1 heterocycles. The summed E-state index contributed by atoms with van der Waals surface area (Å²) in [6.45, 7) is 0.0687. The number of benzene rings is 4. The molecule has 0 bridgehead atoms. The van der Waals surface area contributed by atoms with Gasteiger partial charge >= 0.3 is 0 Å². The molecule has 0 aliphatic carbocycles. The fraction of sp³-hybridized carbons (Fsp3) is 0.0345. The normalized spacial score (nSPS) is 15.4. The van der Waals surface area contributed by atoms with Crippen LogP contribution in [0.4, 0.5) is 15.8 Å². The third-order valence-corrected chi connectivity index (χ3v) is 8.24. The maximum Gasteiger partial charge on any atom is 0.271 e. The molecule has 0 atom stereocenters. The van der Waals surface area contributed by atoms with Crippen molar-refractivity contribution in [2.24, 2.45) is 4.99 Å². The maximum absolute atomic E-state index is 14.0. The molecule has 0 spiro atoms. The van der Waals surface area contributed by atoms with Crippen molar-refractivity contribution in [1.29, 1.82) is 0 Å². The summed E-state index contributed by atoms with van der Waals surface area (Å²) in [4.78, 5) is 20.3. The minimum Gasteiger partial charge on any atom is -0.486 e. The van der Waals surface area contributed by atoms with Crippen LogP contribution in [-0.2, 0) is 11.4 Å². The summed E-state index contributed by atoms with van der Waals surface area (Å²) in [6, 6.07) is 24.2. The number of amidine groups is 1. The second kappa shape index (κ2) is 12.3. The highest BCUT2D eigenvalue weighted by molar-refractivity contribution is 9.11. The first kappa shape index (κ1) is 27.9. The number of hydrogen-bond donors (Lipinski definition) is 0. The zero-order valence-electron chi connectivity index (χ0n) is 19.9. The molecule has 1 aliphatic rings. The van der Waals surface area contributed by atoms with Crippen molar-refractivity contribution in [2.45, 2.75) is 6.61 Å². The van der Waals surface area contributed by atoms with E-state index in [4.69, 9.17) is 32.9 Å². The van der Waals surface area contributed by atoms with Gasteiger partial charge in [-0.3, -0.25) is 9.69 Å². The first-order valence-electron chi connectivity index (χ1n) is 11.5. The van der Waals surface area contributed by atoms with Crippen LogP contribution in [0.3, 0.4) is 0 Å². The van der Waals surface area contributed by atoms with Crippen LogP contribution in [0, 0.1) is 5.82 Å². The highest BCUT2D eigenvalue weighted by atomic mass is 79.9. The summed E-state index contributed by atoms with van der Waals surface area (Å²) < 4.78 is 21.2. The number of thioether (sulfide) groups is 1. The molecule has 0 aromatic heterocycles. The van der Waals surface area contributed by atoms with Gasteiger partial charge in [-0.25, -0.2) is 9.38 Å². The Morgan fingerprint density at radius 3 is 2.18 bits per heavy atom. The molecule has 0 saturated carbocycles. The van der Waals surface area contributed by atoms with Gasteiger partial charge in [-0.15, -0.1) is 0 Å². The Balaban J connectivity index is 1.45. The Labute approximate surface area is 255 Å². The highest BCUT2D eigenvalue weighted by Gasteiger charge is 2.35. The summed E-state index contributed by atoms with van der Waals surface area (Å²) in [6.07, 6.45) is 1.79. The summed E-state index contributed by atoms with van der Waals surface area (Å²) in [5.74, 6) is -0.0232. The van der Waals surface area contributed by atoms with E-state index in [0.29, 0.717) is 51.8 Å². The van der Waals surface area contributed by atoms with Gasteiger partial charge in [-0.1, -0.05) is 41.4 Å². The number of carbonyl (C=O) groups excluding carboxylic acids is 1. The van der Waals surface area contributed by atoms with E-state index in [0.717, 1.165) is 5.56 Å². The van der Waals surface area contributed by atoms with Crippen LogP contribution in [0.15, 0.2) is 104 Å². The van der Waals surface area contributed by atoms with Crippen LogP contribution < -0.4 is 9.64 Å². The Morgan fingerprint density at radius 2 is 1.54 bits per heavy atom. The predicted octanol–water partition coefficient (Wildman–Crippen LogP) is 10.0. The van der Waals surface area contributed by atoms with Gasteiger partial charge in [0.25, 0.3) is 5.91 Å². The van der Waals surface area contributed by atoms with E-state index >= 15 is 0 Å². The zero-order valence-corrected chi connectivity index (χ0v) is 25.4. The van der Waals surface area contributed by atoms with Crippen molar-refractivity contribution in [3.63, 3.8) is 0 Å². The van der Waals surface area contributed by atoms with Crippen LogP contribution in [0.1, 0.15) is 11.1 Å². The van der Waals surface area contributed by atoms with Crippen molar-refractivity contribution in [3.8, 4) is 5.75 Å². The van der Waals surface area contributed by atoms with Gasteiger partial charge < -0.3 is 4.74 Å². The lowest BCUT2D eigenvalue weighted by Gasteiger charge is -2.15. The van der Waals surface area contributed by atoms with Crippen molar-refractivity contribution in [2.75, 3.05) is 4.90 Å². The number of anilines is 1. The van der Waals surface area contributed by atoms with Gasteiger partial charge in [-0.05, 0) is 122 Å². The number of rotatable bonds is 6. The van der Waals surface area contributed by atoms with Gasteiger partial charge in [-0.2, -0.15) is 0 Å². The molecule has 5 rings (SSSR count). The average molecular weight is 707 g/mol. The molecular weight excluding hydrogens is 690 g/mol. The van der Waals surface area contributed by atoms with Gasteiger partial charge in [0.1, 0.15) is 18.2 Å². The molecule has 0 N–H and O–H groups in total. The quantitative estimate of drug-likeness (QED) is 0.188. The van der Waals surface area contributed by atoms with Crippen molar-refractivity contribution >= 4 is 95.3 Å². The summed E-state index contributed by atoms with van der Waals surface area (Å²) in [5, 5.41) is 1.66. The number of amides is 1. The summed E-state index contributed by atoms with van der Waals surface area (Å²) in [5.41, 5.74) is 2.51. The SMILES string of the molecule is O=C1/C(=C/c2cc(Br)c(OCc3ccccc3F)c(Br)c2)SC(=Nc2ccc(Cl)cc2)N1c1ccc(Cl)cc1. The molecule has 10 heteroatoms. The van der Waals surface area contributed by atoms with Gasteiger partial charge in [0.05, 0.1) is 25.2 Å². The number of hydrogen-bond acceptors (Lipinski definition) is 4. The molecule has 39 heavy (non-hydrogen) atoms. The second-order valence-electron chi connectivity index (χ2n) is 8.29. The molecular formula is C29H17Br2Cl2FN2O2S. The van der Waals surface area contributed by atoms with E-state index < -0.39 is 0 Å². The Morgan fingerprint density at radius 1 is 0.923 bits per heavy atom. The number of halogens is 5. The second-order valence-corrected chi connectivity index (χ2v) is 11.9. The van der Waals surface area contributed by atoms with Crippen LogP contribution in [0.2, 0.25) is 10.0 Å². The van der Waals surface area contributed by atoms with E-state index in [2.05, 4.69) is 31.9 Å². The molecule has 4 aromatic carbocycles. The van der Waals surface area contributed by atoms with Crippen LogP contribution in [-0.4, -0.2) is 11.1 Å². The average Bonchev–Trinajstić information content (AvgIpc) is 3.20. The summed E-state index contributed by atoms with van der Waals surface area (Å²) in [7, 11) is 0. The number of ether oxygens (including phenoxy) is 1. The Hall–Kier alpha value is -2.62. The van der Waals surface area contributed by atoms with Crippen LogP contribution in [0.25, 0.3) is 6.08 Å². The third kappa shape index (κ3) is 6.58. The summed E-state index contributed by atoms with van der Waals surface area (Å²) >= 11 is 20.5. The number of carbonyl (C=O) groups is 1. The Kier molecular flexibility index (Phi) is 8.79. The minimum absolute atomic E-state index is 0.0687. The standard InChI is InChI=1S/C29H17Br2Cl2FN2O2S/c30-23-13-17(14-24(31)27(23)38-16-18-3-1-2-4-25(18)34)15-26-28(37)36(22-11-7-20(33)8-12-22)29(39-26)35-21-9-5-19(32)6-10-21/h1-15H,16H2/b26-15-,35-29?. The van der Waals surface area contributed by atoms with Gasteiger partial charge in [0.15, 0.2) is 5.17 Å². The molecule has 0 unspecified atom stereocenters. The molecule has 1 amide bonds. The monoisotopic (exact) mass is 704 g/mol.